The van der Waals surface area contributed by atoms with Gasteiger partial charge in [-0.2, -0.15) is 5.10 Å². The molecule has 104 valence electrons. The summed E-state index contributed by atoms with van der Waals surface area (Å²) in [6, 6.07) is 4.03. The molecule has 0 aromatic carbocycles. The van der Waals surface area contributed by atoms with E-state index in [4.69, 9.17) is 0 Å². The van der Waals surface area contributed by atoms with Gasteiger partial charge in [-0.25, -0.2) is 13.1 Å². The molecule has 6 nitrogen and oxygen atoms in total. The fraction of sp³-hybridized carbons (Fsp3) is 0.364. The Bertz CT molecular complexity index is 604. The minimum atomic E-state index is -3.11. The second-order valence-corrected chi connectivity index (χ2v) is 6.87. The zero-order chi connectivity index (χ0) is 13.7. The van der Waals surface area contributed by atoms with Gasteiger partial charge in [-0.1, -0.05) is 6.07 Å². The SMILES string of the molecule is CS(=O)(=O)NCCNCc1cn[nH]c1-c1cccs1. The molecule has 2 aromatic rings. The second-order valence-electron chi connectivity index (χ2n) is 4.09. The number of nitrogens with zero attached hydrogens (tertiary/aromatic N) is 1. The van der Waals surface area contributed by atoms with Gasteiger partial charge in [0, 0.05) is 25.2 Å². The number of nitrogens with one attached hydrogen (secondary N) is 3. The molecule has 2 aromatic heterocycles. The fourth-order valence-electron chi connectivity index (χ4n) is 1.63. The van der Waals surface area contributed by atoms with Crippen LogP contribution in [0.3, 0.4) is 0 Å². The van der Waals surface area contributed by atoms with Crippen molar-refractivity contribution >= 4 is 21.4 Å². The number of aromatic nitrogens is 2. The van der Waals surface area contributed by atoms with Gasteiger partial charge in [-0.3, -0.25) is 5.10 Å². The van der Waals surface area contributed by atoms with Crippen LogP contribution in [0.25, 0.3) is 10.6 Å². The lowest BCUT2D eigenvalue weighted by molar-refractivity contribution is 0.582. The highest BCUT2D eigenvalue weighted by Gasteiger charge is 2.08. The van der Waals surface area contributed by atoms with Crippen LogP contribution in [0.4, 0.5) is 0 Å². The first-order valence-electron chi connectivity index (χ1n) is 5.78. The van der Waals surface area contributed by atoms with E-state index in [1.54, 1.807) is 17.5 Å². The Morgan fingerprint density at radius 3 is 2.95 bits per heavy atom. The van der Waals surface area contributed by atoms with Crippen molar-refractivity contribution in [1.29, 1.82) is 0 Å². The number of aromatic amines is 1. The molecule has 0 amide bonds. The normalized spacial score (nSPS) is 11.8. The van der Waals surface area contributed by atoms with Crippen molar-refractivity contribution in [3.05, 3.63) is 29.3 Å². The third-order valence-electron chi connectivity index (χ3n) is 2.47. The maximum atomic E-state index is 10.9. The average molecular weight is 300 g/mol. The lowest BCUT2D eigenvalue weighted by Gasteiger charge is -2.05. The van der Waals surface area contributed by atoms with Gasteiger partial charge in [0.15, 0.2) is 0 Å². The quantitative estimate of drug-likeness (QED) is 0.659. The fourth-order valence-corrected chi connectivity index (χ4v) is 2.86. The molecule has 0 aliphatic carbocycles. The van der Waals surface area contributed by atoms with Crippen LogP contribution in [0.1, 0.15) is 5.56 Å². The molecule has 3 N–H and O–H groups in total. The van der Waals surface area contributed by atoms with Crippen LogP contribution < -0.4 is 10.0 Å². The number of H-pyrrole nitrogens is 1. The van der Waals surface area contributed by atoms with Gasteiger partial charge in [-0.05, 0) is 11.4 Å². The predicted octanol–water partition coefficient (Wildman–Crippen LogP) is 0.777. The van der Waals surface area contributed by atoms with E-state index in [9.17, 15) is 8.42 Å². The Balaban J connectivity index is 1.83. The third kappa shape index (κ3) is 4.43. The predicted molar refractivity (Wildman–Crippen MR) is 76.5 cm³/mol. The van der Waals surface area contributed by atoms with Crippen molar-refractivity contribution in [3.63, 3.8) is 0 Å². The van der Waals surface area contributed by atoms with E-state index in [0.29, 0.717) is 19.6 Å². The Hall–Kier alpha value is -1.22. The Kier molecular flexibility index (Phi) is 4.70. The van der Waals surface area contributed by atoms with E-state index in [1.807, 2.05) is 17.5 Å². The molecule has 0 radical (unpaired) electrons. The van der Waals surface area contributed by atoms with Crippen LogP contribution >= 0.6 is 11.3 Å². The molecule has 0 saturated heterocycles. The molecular formula is C11H16N4O2S2. The second kappa shape index (κ2) is 6.29. The molecule has 0 spiro atoms. The minimum absolute atomic E-state index is 0.380. The average Bonchev–Trinajstić information content (AvgIpc) is 2.96. The van der Waals surface area contributed by atoms with E-state index in [2.05, 4.69) is 20.2 Å². The molecule has 0 saturated carbocycles. The zero-order valence-corrected chi connectivity index (χ0v) is 12.1. The van der Waals surface area contributed by atoms with Gasteiger partial charge in [-0.15, -0.1) is 11.3 Å². The largest absolute Gasteiger partial charge is 0.311 e. The summed E-state index contributed by atoms with van der Waals surface area (Å²) in [4.78, 5) is 1.14. The first kappa shape index (κ1) is 14.2. The van der Waals surface area contributed by atoms with Gasteiger partial charge >= 0.3 is 0 Å². The van der Waals surface area contributed by atoms with Crippen molar-refractivity contribution in [2.24, 2.45) is 0 Å². The Morgan fingerprint density at radius 2 is 2.26 bits per heavy atom. The number of sulfonamides is 1. The molecule has 2 rings (SSSR count). The Morgan fingerprint density at radius 1 is 1.42 bits per heavy atom. The number of hydrogen-bond donors (Lipinski definition) is 3. The maximum absolute atomic E-state index is 10.9. The summed E-state index contributed by atoms with van der Waals surface area (Å²) in [5, 5.41) is 12.2. The molecule has 0 bridgehead atoms. The smallest absolute Gasteiger partial charge is 0.208 e. The minimum Gasteiger partial charge on any atom is -0.311 e. The topological polar surface area (TPSA) is 86.9 Å². The Labute approximate surface area is 116 Å². The van der Waals surface area contributed by atoms with Gasteiger partial charge in [0.1, 0.15) is 0 Å². The van der Waals surface area contributed by atoms with Crippen molar-refractivity contribution < 1.29 is 8.42 Å². The van der Waals surface area contributed by atoms with Crippen molar-refractivity contribution in [3.8, 4) is 10.6 Å². The van der Waals surface area contributed by atoms with Crippen LogP contribution in [-0.2, 0) is 16.6 Å². The number of hydrogen-bond acceptors (Lipinski definition) is 5. The van der Waals surface area contributed by atoms with Gasteiger partial charge in [0.25, 0.3) is 0 Å². The van der Waals surface area contributed by atoms with Crippen LogP contribution in [0.2, 0.25) is 0 Å². The van der Waals surface area contributed by atoms with Crippen molar-refractivity contribution in [2.75, 3.05) is 19.3 Å². The van der Waals surface area contributed by atoms with Gasteiger partial charge in [0.2, 0.25) is 10.0 Å². The molecule has 19 heavy (non-hydrogen) atoms. The summed E-state index contributed by atoms with van der Waals surface area (Å²) in [7, 11) is -3.11. The number of rotatable bonds is 7. The van der Waals surface area contributed by atoms with E-state index >= 15 is 0 Å². The highest BCUT2D eigenvalue weighted by molar-refractivity contribution is 7.88. The lowest BCUT2D eigenvalue weighted by atomic mass is 10.2. The first-order chi connectivity index (χ1) is 9.06. The summed E-state index contributed by atoms with van der Waals surface area (Å²) in [6.45, 7) is 1.60. The summed E-state index contributed by atoms with van der Waals surface area (Å²) in [5.41, 5.74) is 2.08. The zero-order valence-electron chi connectivity index (χ0n) is 10.5. The molecule has 8 heteroatoms. The van der Waals surface area contributed by atoms with E-state index < -0.39 is 10.0 Å². The molecule has 0 atom stereocenters. The van der Waals surface area contributed by atoms with Crippen LogP contribution in [0, 0.1) is 0 Å². The lowest BCUT2D eigenvalue weighted by Crippen LogP contribution is -2.30. The van der Waals surface area contributed by atoms with Crippen LogP contribution in [0.5, 0.6) is 0 Å². The highest BCUT2D eigenvalue weighted by Crippen LogP contribution is 2.25. The highest BCUT2D eigenvalue weighted by atomic mass is 32.2. The maximum Gasteiger partial charge on any atom is 0.208 e. The first-order valence-corrected chi connectivity index (χ1v) is 8.55. The van der Waals surface area contributed by atoms with Gasteiger partial charge < -0.3 is 5.32 Å². The molecule has 2 heterocycles. The molecule has 0 unspecified atom stereocenters. The molecule has 0 aliphatic rings. The monoisotopic (exact) mass is 300 g/mol. The van der Waals surface area contributed by atoms with Crippen molar-refractivity contribution in [2.45, 2.75) is 6.54 Å². The standard InChI is InChI=1S/C11H16N4O2S2/c1-19(16,17)14-5-4-12-7-9-8-13-15-11(9)10-3-2-6-18-10/h2-3,6,8,12,14H,4-5,7H2,1H3,(H,13,15). The van der Waals surface area contributed by atoms with E-state index in [1.165, 1.54) is 0 Å². The summed E-state index contributed by atoms with van der Waals surface area (Å²) in [5.74, 6) is 0. The van der Waals surface area contributed by atoms with Gasteiger partial charge in [0.05, 0.1) is 23.0 Å². The van der Waals surface area contributed by atoms with Crippen LogP contribution in [0.15, 0.2) is 23.7 Å². The summed E-state index contributed by atoms with van der Waals surface area (Å²) in [6.07, 6.45) is 2.93. The molecule has 0 fully saturated rings. The number of thiophene rings is 1. The summed E-state index contributed by atoms with van der Waals surface area (Å²) < 4.78 is 24.2. The van der Waals surface area contributed by atoms with E-state index in [-0.39, 0.29) is 0 Å². The third-order valence-corrected chi connectivity index (χ3v) is 4.08. The van der Waals surface area contributed by atoms with Crippen LogP contribution in [-0.4, -0.2) is 38.0 Å². The molecular weight excluding hydrogens is 284 g/mol. The summed E-state index contributed by atoms with van der Waals surface area (Å²) >= 11 is 1.65. The molecule has 0 aliphatic heterocycles. The van der Waals surface area contributed by atoms with E-state index in [0.717, 1.165) is 22.4 Å². The van der Waals surface area contributed by atoms with Crippen molar-refractivity contribution in [1.82, 2.24) is 20.2 Å².